The van der Waals surface area contributed by atoms with Crippen LogP contribution in [0.25, 0.3) is 11.3 Å². The SMILES string of the molecule is O=C(N/N=C/c1cccnc1)c1cc(-c2ccc(OCc3ccccc3)cc2)n[nH]1. The number of carbonyl (C=O) groups is 1. The summed E-state index contributed by atoms with van der Waals surface area (Å²) in [4.78, 5) is 16.2. The normalized spacial score (nSPS) is 10.8. The number of aromatic amines is 1. The molecule has 2 N–H and O–H groups in total. The number of H-pyrrole nitrogens is 1. The first-order valence-electron chi connectivity index (χ1n) is 9.34. The summed E-state index contributed by atoms with van der Waals surface area (Å²) in [5.41, 5.74) is 6.21. The van der Waals surface area contributed by atoms with Crippen LogP contribution in [0.2, 0.25) is 0 Å². The lowest BCUT2D eigenvalue weighted by molar-refractivity contribution is 0.0950. The molecule has 2 aromatic heterocycles. The first-order chi connectivity index (χ1) is 14.8. The molecule has 30 heavy (non-hydrogen) atoms. The number of rotatable bonds is 7. The number of nitrogens with one attached hydrogen (secondary N) is 2. The van der Waals surface area contributed by atoms with Gasteiger partial charge in [0.05, 0.1) is 11.9 Å². The number of hydrogen-bond donors (Lipinski definition) is 2. The van der Waals surface area contributed by atoms with Gasteiger partial charge in [-0.15, -0.1) is 0 Å². The van der Waals surface area contributed by atoms with Crippen molar-refractivity contribution in [1.82, 2.24) is 20.6 Å². The van der Waals surface area contributed by atoms with Gasteiger partial charge in [0.25, 0.3) is 5.91 Å². The number of aromatic nitrogens is 3. The van der Waals surface area contributed by atoms with Crippen LogP contribution in [-0.2, 0) is 6.61 Å². The third-order valence-electron chi connectivity index (χ3n) is 4.29. The predicted octanol–water partition coefficient (Wildman–Crippen LogP) is 3.81. The average Bonchev–Trinajstić information content (AvgIpc) is 3.30. The summed E-state index contributed by atoms with van der Waals surface area (Å²) >= 11 is 0. The van der Waals surface area contributed by atoms with E-state index < -0.39 is 0 Å². The van der Waals surface area contributed by atoms with E-state index in [2.05, 4.69) is 25.7 Å². The molecule has 0 saturated heterocycles. The summed E-state index contributed by atoms with van der Waals surface area (Å²) in [6, 6.07) is 22.9. The van der Waals surface area contributed by atoms with Gasteiger partial charge in [-0.2, -0.15) is 10.2 Å². The summed E-state index contributed by atoms with van der Waals surface area (Å²) in [5.74, 6) is 0.387. The fraction of sp³-hybridized carbons (Fsp3) is 0.0435. The van der Waals surface area contributed by atoms with E-state index in [-0.39, 0.29) is 5.91 Å². The Morgan fingerprint density at radius 3 is 2.67 bits per heavy atom. The van der Waals surface area contributed by atoms with E-state index in [0.717, 1.165) is 22.4 Å². The van der Waals surface area contributed by atoms with Crippen LogP contribution in [0.1, 0.15) is 21.6 Å². The van der Waals surface area contributed by atoms with E-state index in [1.165, 1.54) is 6.21 Å². The van der Waals surface area contributed by atoms with Crippen LogP contribution >= 0.6 is 0 Å². The zero-order valence-electron chi connectivity index (χ0n) is 16.0. The lowest BCUT2D eigenvalue weighted by Gasteiger charge is -2.06. The number of hydrazone groups is 1. The molecule has 0 bridgehead atoms. The molecule has 0 atom stereocenters. The summed E-state index contributed by atoms with van der Waals surface area (Å²) in [7, 11) is 0. The molecule has 0 radical (unpaired) electrons. The van der Waals surface area contributed by atoms with Crippen LogP contribution in [0.4, 0.5) is 0 Å². The van der Waals surface area contributed by atoms with Gasteiger partial charge in [-0.3, -0.25) is 14.9 Å². The van der Waals surface area contributed by atoms with Crippen molar-refractivity contribution in [2.45, 2.75) is 6.61 Å². The molecule has 7 nitrogen and oxygen atoms in total. The molecular weight excluding hydrogens is 378 g/mol. The average molecular weight is 397 g/mol. The number of pyridine rings is 1. The largest absolute Gasteiger partial charge is 0.489 e. The Morgan fingerprint density at radius 2 is 1.90 bits per heavy atom. The van der Waals surface area contributed by atoms with Crippen molar-refractivity contribution in [1.29, 1.82) is 0 Å². The van der Waals surface area contributed by atoms with Crippen molar-refractivity contribution in [3.8, 4) is 17.0 Å². The zero-order chi connectivity index (χ0) is 20.6. The van der Waals surface area contributed by atoms with Gasteiger partial charge in [0, 0.05) is 23.5 Å². The van der Waals surface area contributed by atoms with Crippen molar-refractivity contribution < 1.29 is 9.53 Å². The molecule has 0 unspecified atom stereocenters. The fourth-order valence-corrected chi connectivity index (χ4v) is 2.73. The number of benzene rings is 2. The van der Waals surface area contributed by atoms with Crippen LogP contribution in [0.15, 0.2) is 90.3 Å². The molecule has 7 heteroatoms. The summed E-state index contributed by atoms with van der Waals surface area (Å²) < 4.78 is 5.79. The lowest BCUT2D eigenvalue weighted by Crippen LogP contribution is -2.18. The standard InChI is InChI=1S/C23H19N5O2/c29-23(28-25-15-18-7-4-12-24-14-18)22-13-21(26-27-22)19-8-10-20(11-9-19)30-16-17-5-2-1-3-6-17/h1-15H,16H2,(H,26,27)(H,28,29)/b25-15+. The Kier molecular flexibility index (Phi) is 5.91. The second-order valence-corrected chi connectivity index (χ2v) is 6.45. The van der Waals surface area contributed by atoms with Crippen molar-refractivity contribution >= 4 is 12.1 Å². The van der Waals surface area contributed by atoms with E-state index in [1.807, 2.05) is 60.7 Å². The molecule has 0 aliphatic rings. The zero-order valence-corrected chi connectivity index (χ0v) is 16.0. The molecule has 2 aromatic carbocycles. The monoisotopic (exact) mass is 397 g/mol. The van der Waals surface area contributed by atoms with Crippen molar-refractivity contribution in [2.75, 3.05) is 0 Å². The van der Waals surface area contributed by atoms with E-state index in [9.17, 15) is 4.79 Å². The molecule has 4 rings (SSSR count). The minimum Gasteiger partial charge on any atom is -0.489 e. The van der Waals surface area contributed by atoms with Gasteiger partial charge >= 0.3 is 0 Å². The molecule has 0 aliphatic heterocycles. The Bertz CT molecular complexity index is 1120. The quantitative estimate of drug-likeness (QED) is 0.366. The molecule has 0 spiro atoms. The maximum absolute atomic E-state index is 12.2. The van der Waals surface area contributed by atoms with Gasteiger partial charge in [0.2, 0.25) is 0 Å². The van der Waals surface area contributed by atoms with Crippen molar-refractivity contribution in [2.24, 2.45) is 5.10 Å². The molecule has 0 fully saturated rings. The number of carbonyl (C=O) groups excluding carboxylic acids is 1. The highest BCUT2D eigenvalue weighted by molar-refractivity contribution is 5.94. The van der Waals surface area contributed by atoms with Gasteiger partial charge in [-0.25, -0.2) is 5.43 Å². The summed E-state index contributed by atoms with van der Waals surface area (Å²) in [6.45, 7) is 0.506. The maximum Gasteiger partial charge on any atom is 0.289 e. The Hall–Kier alpha value is -4.26. The second kappa shape index (κ2) is 9.29. The van der Waals surface area contributed by atoms with Gasteiger partial charge in [0.1, 0.15) is 18.1 Å². The predicted molar refractivity (Wildman–Crippen MR) is 114 cm³/mol. The van der Waals surface area contributed by atoms with Crippen molar-refractivity contribution in [3.05, 3.63) is 102 Å². The second-order valence-electron chi connectivity index (χ2n) is 6.45. The number of amides is 1. The highest BCUT2D eigenvalue weighted by Crippen LogP contribution is 2.22. The Labute approximate surface area is 173 Å². The topological polar surface area (TPSA) is 92.3 Å². The highest BCUT2D eigenvalue weighted by atomic mass is 16.5. The number of hydrogen-bond acceptors (Lipinski definition) is 5. The first-order valence-corrected chi connectivity index (χ1v) is 9.34. The Morgan fingerprint density at radius 1 is 1.07 bits per heavy atom. The fourth-order valence-electron chi connectivity index (χ4n) is 2.73. The molecule has 2 heterocycles. The molecule has 0 aliphatic carbocycles. The van der Waals surface area contributed by atoms with Gasteiger partial charge < -0.3 is 4.74 Å². The highest BCUT2D eigenvalue weighted by Gasteiger charge is 2.10. The lowest BCUT2D eigenvalue weighted by atomic mass is 10.1. The van der Waals surface area contributed by atoms with E-state index in [4.69, 9.17) is 4.74 Å². The third-order valence-corrected chi connectivity index (χ3v) is 4.29. The van der Waals surface area contributed by atoms with E-state index in [1.54, 1.807) is 24.5 Å². The van der Waals surface area contributed by atoms with E-state index in [0.29, 0.717) is 18.0 Å². The van der Waals surface area contributed by atoms with E-state index >= 15 is 0 Å². The molecular formula is C23H19N5O2. The maximum atomic E-state index is 12.2. The van der Waals surface area contributed by atoms with Crippen LogP contribution < -0.4 is 10.2 Å². The van der Waals surface area contributed by atoms with Gasteiger partial charge in [-0.05, 0) is 42.0 Å². The van der Waals surface area contributed by atoms with Gasteiger partial charge in [0.15, 0.2) is 0 Å². The molecule has 1 amide bonds. The summed E-state index contributed by atoms with van der Waals surface area (Å²) in [5, 5.41) is 10.9. The molecule has 148 valence electrons. The van der Waals surface area contributed by atoms with Crippen LogP contribution in [-0.4, -0.2) is 27.3 Å². The molecule has 4 aromatic rings. The minimum absolute atomic E-state index is 0.317. The van der Waals surface area contributed by atoms with Gasteiger partial charge in [-0.1, -0.05) is 36.4 Å². The third kappa shape index (κ3) is 4.96. The number of nitrogens with zero attached hydrogens (tertiary/aromatic N) is 3. The summed E-state index contributed by atoms with van der Waals surface area (Å²) in [6.07, 6.45) is 4.84. The van der Waals surface area contributed by atoms with Crippen LogP contribution in [0, 0.1) is 0 Å². The number of ether oxygens (including phenoxy) is 1. The van der Waals surface area contributed by atoms with Crippen molar-refractivity contribution in [3.63, 3.8) is 0 Å². The van der Waals surface area contributed by atoms with Crippen LogP contribution in [0.5, 0.6) is 5.75 Å². The van der Waals surface area contributed by atoms with Crippen LogP contribution in [0.3, 0.4) is 0 Å². The first kappa shape index (κ1) is 19.1. The minimum atomic E-state index is -0.378. The molecule has 0 saturated carbocycles. The Balaban J connectivity index is 1.35. The smallest absolute Gasteiger partial charge is 0.289 e.